The van der Waals surface area contributed by atoms with Gasteiger partial charge in [0.2, 0.25) is 0 Å². The van der Waals surface area contributed by atoms with Crippen LogP contribution in [0.2, 0.25) is 0 Å². The summed E-state index contributed by atoms with van der Waals surface area (Å²) in [6.45, 7) is 150. The number of thiazole rings is 1. The molecule has 0 saturated heterocycles. The van der Waals surface area contributed by atoms with Crippen LogP contribution in [0.4, 0.5) is 0 Å². The Morgan fingerprint density at radius 2 is 0.590 bits per heavy atom. The third-order valence-corrected chi connectivity index (χ3v) is 18.1. The maximum atomic E-state index is 5.28. The highest BCUT2D eigenvalue weighted by atomic mass is 32.1. The lowest BCUT2D eigenvalue weighted by Crippen LogP contribution is -2.03. The van der Waals surface area contributed by atoms with E-state index in [1.165, 1.54) is 78.9 Å². The van der Waals surface area contributed by atoms with Crippen LogP contribution in [-0.4, -0.2) is 70.2 Å². The predicted octanol–water partition coefficient (Wildman–Crippen LogP) is 44.9. The van der Waals surface area contributed by atoms with E-state index in [4.69, 9.17) is 4.42 Å². The minimum absolute atomic E-state index is 0.440. The molecule has 0 aliphatic rings. The van der Waals surface area contributed by atoms with Gasteiger partial charge in [-0.3, -0.25) is 20.1 Å². The topological polar surface area (TPSA) is 202 Å². The van der Waals surface area contributed by atoms with Gasteiger partial charge < -0.3 is 14.4 Å². The second-order valence-electron chi connectivity index (χ2n) is 32.3. The van der Waals surface area contributed by atoms with Crippen molar-refractivity contribution < 1.29 is 4.42 Å². The normalized spacial score (nSPS) is 9.17. The lowest BCUT2D eigenvalue weighted by atomic mass is 9.96. The molecule has 0 atom stereocenters. The highest BCUT2D eigenvalue weighted by Gasteiger charge is 2.19. The Balaban J connectivity index is -0.0000000710. The van der Waals surface area contributed by atoms with E-state index < -0.39 is 0 Å². The Hall–Kier alpha value is -7.07. The van der Waals surface area contributed by atoms with Crippen molar-refractivity contribution in [2.75, 3.05) is 0 Å². The zero-order valence-corrected chi connectivity index (χ0v) is 108. The number of hydrogen-bond donors (Lipinski definition) is 3. The molecule has 826 valence electrons. The molecule has 15 nitrogen and oxygen atoms in total. The summed E-state index contributed by atoms with van der Waals surface area (Å²) in [4.78, 5) is 42.1. The Morgan fingerprint density at radius 1 is 0.245 bits per heavy atom. The van der Waals surface area contributed by atoms with Crippen LogP contribution in [0, 0.1) is 0 Å². The molecule has 0 bridgehead atoms. The van der Waals surface area contributed by atoms with Crippen LogP contribution in [0.25, 0.3) is 0 Å². The summed E-state index contributed by atoms with van der Waals surface area (Å²) < 4.78 is 5.28. The van der Waals surface area contributed by atoms with Crippen molar-refractivity contribution in [1.29, 1.82) is 0 Å². The maximum Gasteiger partial charge on any atom is 0.181 e. The average Bonchev–Trinajstić information content (AvgIpc) is 1.60. The predicted molar refractivity (Wildman–Crippen MR) is 645 cm³/mol. The Kier molecular flexibility index (Phi) is 159. The third kappa shape index (κ3) is 86.2. The van der Waals surface area contributed by atoms with Crippen molar-refractivity contribution in [3.63, 3.8) is 0 Å². The number of hydrogen-bond acceptors (Lipinski definition) is 13. The first-order valence-corrected chi connectivity index (χ1v) is 57.5. The van der Waals surface area contributed by atoms with Gasteiger partial charge in [0.05, 0.1) is 52.2 Å². The summed E-state index contributed by atoms with van der Waals surface area (Å²) in [5, 5.41) is 15.1. The summed E-state index contributed by atoms with van der Waals surface area (Å²) >= 11 is 1.77. The van der Waals surface area contributed by atoms with Crippen LogP contribution in [-0.2, 0) is 0 Å². The van der Waals surface area contributed by atoms with E-state index in [2.05, 4.69) is 338 Å². The van der Waals surface area contributed by atoms with Gasteiger partial charge in [0.25, 0.3) is 0 Å². The van der Waals surface area contributed by atoms with E-state index in [1.807, 2.05) is 286 Å². The molecule has 0 aliphatic carbocycles. The van der Waals surface area contributed by atoms with Crippen LogP contribution in [0.5, 0.6) is 0 Å². The van der Waals surface area contributed by atoms with Crippen molar-refractivity contribution >= 4 is 11.3 Å². The van der Waals surface area contributed by atoms with Gasteiger partial charge in [-0.15, -0.1) is 11.3 Å². The second kappa shape index (κ2) is 127. The molecular weight excluding hydrogens is 1720 g/mol. The van der Waals surface area contributed by atoms with Gasteiger partial charge in [-0.2, -0.15) is 15.3 Å². The largest absolute Gasteiger partial charge is 0.448 e. The Morgan fingerprint density at radius 3 is 0.863 bits per heavy atom. The van der Waals surface area contributed by atoms with Crippen LogP contribution >= 0.6 is 11.3 Å². The molecule has 0 radical (unpaired) electrons. The molecule has 0 saturated carbocycles. The van der Waals surface area contributed by atoms with Crippen molar-refractivity contribution in [3.05, 3.63) is 193 Å². The highest BCUT2D eigenvalue weighted by molar-refractivity contribution is 7.09. The molecule has 9 rings (SSSR count). The first kappa shape index (κ1) is 174. The maximum absolute atomic E-state index is 5.28. The number of oxazole rings is 1. The first-order valence-electron chi connectivity index (χ1n) is 56.6. The number of aromatic amines is 3. The van der Waals surface area contributed by atoms with Gasteiger partial charge in [-0.05, 0) is 147 Å². The SMILES string of the molecule is CC.CC.CC.CC.CC.CC.CC.CC.CC.CC.CC.CC.CC.CC.CC.CC.CC.CC.CC(C)c1cc[nH]c1C(C)C.CC(C)c1cccnc1C(C)C.CC(C)c1ccnnc1C(C)C.CC(C)c1cn[nH]c1C(C)C.CC(C)c1cncnc1C(C)C.CC(C)c1nc[nH]c1C(C)C.CC(C)c1nccnc1C(C)C.CC(C)c1ncoc1C(C)C.CC(C)c1ncsc1C(C)C. The smallest absolute Gasteiger partial charge is 0.181 e. The molecule has 9 aromatic rings. The van der Waals surface area contributed by atoms with Crippen LogP contribution in [0.15, 0.2) is 96.6 Å². The number of nitrogens with one attached hydrogen (secondary N) is 3. The molecule has 0 aliphatic heterocycles. The Labute approximate surface area is 878 Å². The monoisotopic (exact) mass is 1970 g/mol. The number of aromatic nitrogens is 14. The van der Waals surface area contributed by atoms with Gasteiger partial charge >= 0.3 is 0 Å². The third-order valence-electron chi connectivity index (χ3n) is 16.9. The lowest BCUT2D eigenvalue weighted by molar-refractivity contribution is 0.476. The summed E-state index contributed by atoms with van der Waals surface area (Å²) in [7, 11) is 0. The lowest BCUT2D eigenvalue weighted by Gasteiger charge is -2.13. The fourth-order valence-corrected chi connectivity index (χ4v) is 12.3. The molecule has 3 N–H and O–H groups in total. The molecule has 0 amide bonds. The van der Waals surface area contributed by atoms with E-state index in [9.17, 15) is 0 Å². The Bertz CT molecular complexity index is 2910. The average molecular weight is 1980 g/mol. The van der Waals surface area contributed by atoms with Crippen LogP contribution in [0.3, 0.4) is 0 Å². The summed E-state index contributed by atoms with van der Waals surface area (Å²) in [5.74, 6) is 10.6. The molecular formula is C123H252N14OS. The van der Waals surface area contributed by atoms with E-state index in [0.29, 0.717) is 107 Å². The van der Waals surface area contributed by atoms with Gasteiger partial charge in [0.15, 0.2) is 6.39 Å². The summed E-state index contributed by atoms with van der Waals surface area (Å²) in [6, 6.07) is 8.43. The van der Waals surface area contributed by atoms with Crippen LogP contribution < -0.4 is 0 Å². The number of rotatable bonds is 18. The van der Waals surface area contributed by atoms with Crippen molar-refractivity contribution in [1.82, 2.24) is 70.2 Å². The summed E-state index contributed by atoms with van der Waals surface area (Å²) in [5.41, 5.74) is 22.1. The minimum atomic E-state index is 0.440. The van der Waals surface area contributed by atoms with E-state index >= 15 is 0 Å². The molecule has 139 heavy (non-hydrogen) atoms. The van der Waals surface area contributed by atoms with E-state index in [0.717, 1.165) is 28.5 Å². The second-order valence-corrected chi connectivity index (χ2v) is 33.2. The number of pyridine rings is 1. The molecule has 9 heterocycles. The zero-order chi connectivity index (χ0) is 115. The minimum Gasteiger partial charge on any atom is -0.448 e. The fourth-order valence-electron chi connectivity index (χ4n) is 11.3. The highest BCUT2D eigenvalue weighted by Crippen LogP contribution is 2.31. The van der Waals surface area contributed by atoms with Crippen molar-refractivity contribution in [3.8, 4) is 0 Å². The van der Waals surface area contributed by atoms with Crippen molar-refractivity contribution in [2.24, 2.45) is 0 Å². The molecule has 0 fully saturated rings. The zero-order valence-electron chi connectivity index (χ0n) is 107. The number of nitrogens with zero attached hydrogens (tertiary/aromatic N) is 11. The fraction of sp³-hybridized carbons (Fsp3) is 0.732. The van der Waals surface area contributed by atoms with Crippen molar-refractivity contribution in [2.45, 2.75) is 605 Å². The summed E-state index contributed by atoms with van der Waals surface area (Å²) in [6.07, 6.45) is 18.0. The van der Waals surface area contributed by atoms with Crippen LogP contribution in [0.1, 0.15) is 706 Å². The van der Waals surface area contributed by atoms with Gasteiger partial charge in [-0.25, -0.2) is 24.9 Å². The standard InChI is InChI=1S/C11H17N.3C10H16N2.C10H17N.2C9H16N2.C9H15NO.C9H15NS.18C2H6/c1-8(2)10-6-5-7-12-11(10)9(3)4;1-7(2)9-5-11-6-12-10(9)8(3)4;1-7(2)9-10(8(3)4)12-6-5-11-9;1-7(2)9-5-6-11-12-10(9)8(3)4;1-7(2)9-5-6-11-10(9)8(3)4;1-6(2)8-9(7(3)4)11-5-10-8;1-6(2)8-5-10-11-9(8)7(3)4;2*1-6(2)8-9(7(3)4)11-5-10-8;18*1-2/h5-9H,1-4H3;3*5-8H,1-4H3;5-8,11H,1-4H3;2*5-7H,1-4H3,(H,10,11);2*5-7H,1-4H3;18*1-2H3. The number of imidazole rings is 1. The number of H-pyrrole nitrogens is 3. The quantitative estimate of drug-likeness (QED) is 0.0735. The molecule has 0 spiro atoms. The van der Waals surface area contributed by atoms with Gasteiger partial charge in [-0.1, -0.05) is 505 Å². The van der Waals surface area contributed by atoms with E-state index in [-0.39, 0.29) is 0 Å². The molecule has 0 unspecified atom stereocenters. The molecule has 9 aromatic heterocycles. The van der Waals surface area contributed by atoms with Gasteiger partial charge in [0, 0.05) is 76.4 Å². The molecule has 16 heteroatoms. The van der Waals surface area contributed by atoms with E-state index in [1.54, 1.807) is 42.6 Å². The molecule has 0 aromatic carbocycles. The first-order chi connectivity index (χ1) is 66.1. The van der Waals surface area contributed by atoms with Gasteiger partial charge in [0.1, 0.15) is 12.1 Å².